The van der Waals surface area contributed by atoms with Crippen molar-refractivity contribution in [3.63, 3.8) is 0 Å². The van der Waals surface area contributed by atoms with Crippen LogP contribution in [0.4, 0.5) is 0 Å². The monoisotopic (exact) mass is 226 g/mol. The number of hydrogen-bond acceptors (Lipinski definition) is 4. The van der Waals surface area contributed by atoms with Gasteiger partial charge in [0.25, 0.3) is 0 Å². The van der Waals surface area contributed by atoms with Gasteiger partial charge in [-0.15, -0.1) is 0 Å². The molecule has 0 spiro atoms. The van der Waals surface area contributed by atoms with Gasteiger partial charge in [-0.3, -0.25) is 4.90 Å². The molecule has 90 valence electrons. The number of morpholine rings is 1. The first-order valence-corrected chi connectivity index (χ1v) is 5.72. The second kappa shape index (κ2) is 5.32. The van der Waals surface area contributed by atoms with E-state index in [-0.39, 0.29) is 0 Å². The van der Waals surface area contributed by atoms with Crippen molar-refractivity contribution in [1.29, 1.82) is 0 Å². The van der Waals surface area contributed by atoms with E-state index in [1.165, 1.54) is 6.08 Å². The van der Waals surface area contributed by atoms with Crippen LogP contribution in [0.2, 0.25) is 0 Å². The quantitative estimate of drug-likeness (QED) is 0.686. The van der Waals surface area contributed by atoms with Gasteiger partial charge in [0.05, 0.1) is 13.2 Å². The minimum atomic E-state index is -0.880. The van der Waals surface area contributed by atoms with E-state index in [4.69, 9.17) is 9.84 Å². The van der Waals surface area contributed by atoms with E-state index in [1.807, 2.05) is 0 Å². The molecule has 0 bridgehead atoms. The van der Waals surface area contributed by atoms with Gasteiger partial charge in [-0.05, 0) is 6.42 Å². The standard InChI is InChI=1S/C11H18N2O3/c14-11(15)2-4-12-3-1-10(9-12)13-5-7-16-8-6-13/h2,4,10H,1,3,5-9H2,(H,14,15). The summed E-state index contributed by atoms with van der Waals surface area (Å²) >= 11 is 0. The maximum atomic E-state index is 10.4. The Morgan fingerprint density at radius 3 is 2.75 bits per heavy atom. The number of carboxylic acids is 1. The third kappa shape index (κ3) is 2.96. The van der Waals surface area contributed by atoms with Gasteiger partial charge in [-0.2, -0.15) is 0 Å². The molecule has 0 aromatic heterocycles. The molecule has 1 N–H and O–H groups in total. The number of rotatable bonds is 3. The zero-order chi connectivity index (χ0) is 11.4. The van der Waals surface area contributed by atoms with Crippen molar-refractivity contribution >= 4 is 5.97 Å². The lowest BCUT2D eigenvalue weighted by Crippen LogP contribution is -2.44. The summed E-state index contributed by atoms with van der Waals surface area (Å²) in [5.74, 6) is -0.880. The largest absolute Gasteiger partial charge is 0.478 e. The van der Waals surface area contributed by atoms with Crippen molar-refractivity contribution in [3.8, 4) is 0 Å². The summed E-state index contributed by atoms with van der Waals surface area (Å²) in [5.41, 5.74) is 0. The van der Waals surface area contributed by atoms with E-state index in [0.717, 1.165) is 45.8 Å². The Kier molecular flexibility index (Phi) is 3.79. The van der Waals surface area contributed by atoms with Crippen molar-refractivity contribution in [2.75, 3.05) is 39.4 Å². The fourth-order valence-electron chi connectivity index (χ4n) is 2.31. The topological polar surface area (TPSA) is 53.0 Å². The van der Waals surface area contributed by atoms with Gasteiger partial charge in [0.15, 0.2) is 0 Å². The summed E-state index contributed by atoms with van der Waals surface area (Å²) in [6, 6.07) is 0.558. The summed E-state index contributed by atoms with van der Waals surface area (Å²) in [5, 5.41) is 8.55. The zero-order valence-electron chi connectivity index (χ0n) is 9.34. The maximum absolute atomic E-state index is 10.4. The molecular weight excluding hydrogens is 208 g/mol. The van der Waals surface area contributed by atoms with Crippen molar-refractivity contribution in [2.24, 2.45) is 0 Å². The highest BCUT2D eigenvalue weighted by Crippen LogP contribution is 2.16. The normalized spacial score (nSPS) is 27.8. The summed E-state index contributed by atoms with van der Waals surface area (Å²) in [6.45, 7) is 5.53. The lowest BCUT2D eigenvalue weighted by Gasteiger charge is -2.31. The van der Waals surface area contributed by atoms with Gasteiger partial charge in [-0.25, -0.2) is 4.79 Å². The molecule has 5 heteroatoms. The van der Waals surface area contributed by atoms with E-state index < -0.39 is 5.97 Å². The molecule has 2 rings (SSSR count). The molecule has 2 saturated heterocycles. The average molecular weight is 226 g/mol. The van der Waals surface area contributed by atoms with Crippen molar-refractivity contribution in [2.45, 2.75) is 12.5 Å². The minimum Gasteiger partial charge on any atom is -0.478 e. The van der Waals surface area contributed by atoms with Gasteiger partial charge in [0.2, 0.25) is 0 Å². The minimum absolute atomic E-state index is 0.558. The lowest BCUT2D eigenvalue weighted by atomic mass is 10.2. The SMILES string of the molecule is O=C(O)C=CN1CCC(N2CCOCC2)C1. The molecule has 1 atom stereocenters. The van der Waals surface area contributed by atoms with Crippen LogP contribution in [-0.4, -0.2) is 66.3 Å². The van der Waals surface area contributed by atoms with E-state index in [0.29, 0.717) is 6.04 Å². The molecule has 0 aliphatic carbocycles. The van der Waals surface area contributed by atoms with E-state index >= 15 is 0 Å². The van der Waals surface area contributed by atoms with Crippen molar-refractivity contribution < 1.29 is 14.6 Å². The number of carbonyl (C=O) groups is 1. The molecule has 16 heavy (non-hydrogen) atoms. The highest BCUT2D eigenvalue weighted by molar-refractivity contribution is 5.79. The van der Waals surface area contributed by atoms with Gasteiger partial charge in [0, 0.05) is 44.5 Å². The number of likely N-dealkylation sites (tertiary alicyclic amines) is 1. The first kappa shape index (κ1) is 11.4. The molecule has 2 fully saturated rings. The molecule has 2 aliphatic heterocycles. The fraction of sp³-hybridized carbons (Fsp3) is 0.727. The smallest absolute Gasteiger partial charge is 0.329 e. The molecule has 1 unspecified atom stereocenters. The Morgan fingerprint density at radius 1 is 1.31 bits per heavy atom. The fourth-order valence-corrected chi connectivity index (χ4v) is 2.31. The summed E-state index contributed by atoms with van der Waals surface area (Å²) in [7, 11) is 0. The summed E-state index contributed by atoms with van der Waals surface area (Å²) < 4.78 is 5.32. The number of ether oxygens (including phenoxy) is 1. The molecule has 0 aromatic carbocycles. The molecule has 0 amide bonds. The predicted octanol–water partition coefficient (Wildman–Crippen LogP) is -0.00880. The average Bonchev–Trinajstić information content (AvgIpc) is 2.76. The number of aliphatic carboxylic acids is 1. The highest BCUT2D eigenvalue weighted by atomic mass is 16.5. The Morgan fingerprint density at radius 2 is 2.06 bits per heavy atom. The van der Waals surface area contributed by atoms with Crippen LogP contribution < -0.4 is 0 Å². The molecule has 0 saturated carbocycles. The van der Waals surface area contributed by atoms with Crippen LogP contribution in [0.15, 0.2) is 12.3 Å². The Balaban J connectivity index is 1.80. The zero-order valence-corrected chi connectivity index (χ0v) is 9.34. The van der Waals surface area contributed by atoms with E-state index in [2.05, 4.69) is 9.80 Å². The van der Waals surface area contributed by atoms with E-state index in [1.54, 1.807) is 6.20 Å². The molecule has 2 heterocycles. The van der Waals surface area contributed by atoms with Crippen molar-refractivity contribution in [3.05, 3.63) is 12.3 Å². The van der Waals surface area contributed by atoms with Crippen LogP contribution in [0.3, 0.4) is 0 Å². The van der Waals surface area contributed by atoms with Crippen LogP contribution in [0, 0.1) is 0 Å². The first-order chi connectivity index (χ1) is 7.75. The maximum Gasteiger partial charge on any atom is 0.329 e. The number of nitrogens with zero attached hydrogens (tertiary/aromatic N) is 2. The molecular formula is C11H18N2O3. The van der Waals surface area contributed by atoms with Gasteiger partial charge in [0.1, 0.15) is 0 Å². The molecule has 0 radical (unpaired) electrons. The molecule has 2 aliphatic rings. The molecule has 0 aromatic rings. The molecule has 5 nitrogen and oxygen atoms in total. The van der Waals surface area contributed by atoms with Gasteiger partial charge < -0.3 is 14.7 Å². The summed E-state index contributed by atoms with van der Waals surface area (Å²) in [6.07, 6.45) is 4.01. The second-order valence-corrected chi connectivity index (χ2v) is 4.24. The van der Waals surface area contributed by atoms with Gasteiger partial charge in [-0.1, -0.05) is 0 Å². The predicted molar refractivity (Wildman–Crippen MR) is 59.1 cm³/mol. The van der Waals surface area contributed by atoms with Crippen LogP contribution in [-0.2, 0) is 9.53 Å². The third-order valence-corrected chi connectivity index (χ3v) is 3.18. The van der Waals surface area contributed by atoms with Crippen LogP contribution in [0.1, 0.15) is 6.42 Å². The lowest BCUT2D eigenvalue weighted by molar-refractivity contribution is -0.131. The second-order valence-electron chi connectivity index (χ2n) is 4.24. The Labute approximate surface area is 95.3 Å². The first-order valence-electron chi connectivity index (χ1n) is 5.72. The highest BCUT2D eigenvalue weighted by Gasteiger charge is 2.27. The van der Waals surface area contributed by atoms with Crippen LogP contribution >= 0.6 is 0 Å². The van der Waals surface area contributed by atoms with Crippen LogP contribution in [0.25, 0.3) is 0 Å². The number of carboxylic acid groups (broad SMARTS) is 1. The van der Waals surface area contributed by atoms with E-state index in [9.17, 15) is 4.79 Å². The van der Waals surface area contributed by atoms with Gasteiger partial charge >= 0.3 is 5.97 Å². The summed E-state index contributed by atoms with van der Waals surface area (Å²) in [4.78, 5) is 14.9. The Hall–Kier alpha value is -1.07. The van der Waals surface area contributed by atoms with Crippen LogP contribution in [0.5, 0.6) is 0 Å². The number of hydrogen-bond donors (Lipinski definition) is 1. The Bertz CT molecular complexity index is 274. The third-order valence-electron chi connectivity index (χ3n) is 3.18. The van der Waals surface area contributed by atoms with Crippen molar-refractivity contribution in [1.82, 2.24) is 9.80 Å².